The van der Waals surface area contributed by atoms with E-state index in [-0.39, 0.29) is 0 Å². The van der Waals surface area contributed by atoms with Crippen LogP contribution in [0.3, 0.4) is 0 Å². The number of thiophene rings is 1. The predicted molar refractivity (Wildman–Crippen MR) is 85.0 cm³/mol. The molecule has 2 atom stereocenters. The third kappa shape index (κ3) is 2.56. The summed E-state index contributed by atoms with van der Waals surface area (Å²) >= 11 is 11.7. The first-order valence-corrected chi connectivity index (χ1v) is 8.39. The zero-order chi connectivity index (χ0) is 13.4. The monoisotopic (exact) mass is 356 g/mol. The summed E-state index contributed by atoms with van der Waals surface area (Å²) in [7, 11) is 0. The Kier molecular flexibility index (Phi) is 3.88. The molecule has 1 aromatic heterocycles. The summed E-state index contributed by atoms with van der Waals surface area (Å²) < 4.78 is 6.61. The Morgan fingerprint density at radius 1 is 1.42 bits per heavy atom. The number of alkyl halides is 1. The number of ether oxygens (including phenoxy) is 1. The molecule has 2 unspecified atom stereocenters. The van der Waals surface area contributed by atoms with E-state index in [1.165, 1.54) is 10.4 Å². The van der Waals surface area contributed by atoms with Gasteiger partial charge in [-0.05, 0) is 36.6 Å². The molecule has 1 nitrogen and oxygen atoms in total. The first kappa shape index (κ1) is 13.5. The number of halogens is 2. The Labute approximate surface area is 130 Å². The summed E-state index contributed by atoms with van der Waals surface area (Å²) in [6.07, 6.45) is 1.03. The molecule has 0 fully saturated rings. The largest absolute Gasteiger partial charge is 0.493 e. The van der Waals surface area contributed by atoms with Gasteiger partial charge in [0.15, 0.2) is 0 Å². The minimum absolute atomic E-state index is 0.300. The summed E-state index contributed by atoms with van der Waals surface area (Å²) in [5.41, 5.74) is 2.45. The zero-order valence-electron chi connectivity index (χ0n) is 10.5. The third-order valence-electron chi connectivity index (χ3n) is 3.51. The van der Waals surface area contributed by atoms with Gasteiger partial charge >= 0.3 is 0 Å². The second-order valence-corrected chi connectivity index (χ2v) is 7.46. The van der Waals surface area contributed by atoms with Crippen LogP contribution >= 0.6 is 38.9 Å². The second kappa shape index (κ2) is 5.47. The summed E-state index contributed by atoms with van der Waals surface area (Å²) in [5.74, 6) is 1.46. The van der Waals surface area contributed by atoms with Crippen LogP contribution in [-0.2, 0) is 0 Å². The Morgan fingerprint density at radius 3 is 2.95 bits per heavy atom. The van der Waals surface area contributed by atoms with Gasteiger partial charge in [0.2, 0.25) is 0 Å². The number of aryl methyl sites for hydroxylation is 1. The molecule has 0 spiro atoms. The minimum atomic E-state index is 0.300. The molecule has 0 saturated carbocycles. The van der Waals surface area contributed by atoms with E-state index < -0.39 is 0 Å². The fraction of sp³-hybridized carbons (Fsp3) is 0.333. The lowest BCUT2D eigenvalue weighted by molar-refractivity contribution is 0.266. The molecule has 0 saturated heterocycles. The van der Waals surface area contributed by atoms with E-state index in [9.17, 15) is 0 Å². The molecule has 100 valence electrons. The van der Waals surface area contributed by atoms with E-state index >= 15 is 0 Å². The number of benzene rings is 1. The van der Waals surface area contributed by atoms with Gasteiger partial charge < -0.3 is 4.74 Å². The molecule has 0 N–H and O–H groups in total. The van der Waals surface area contributed by atoms with Gasteiger partial charge in [0, 0.05) is 10.8 Å². The minimum Gasteiger partial charge on any atom is -0.493 e. The predicted octanol–water partition coefficient (Wildman–Crippen LogP) is 5.71. The zero-order valence-corrected chi connectivity index (χ0v) is 13.7. The van der Waals surface area contributed by atoms with Crippen LogP contribution in [0.2, 0.25) is 4.34 Å². The number of hydrogen-bond acceptors (Lipinski definition) is 2. The average molecular weight is 358 g/mol. The van der Waals surface area contributed by atoms with Crippen LogP contribution in [-0.4, -0.2) is 6.61 Å². The van der Waals surface area contributed by atoms with Gasteiger partial charge in [0.05, 0.1) is 15.8 Å². The van der Waals surface area contributed by atoms with Crippen molar-refractivity contribution in [3.63, 3.8) is 0 Å². The number of fused-ring (bicyclic) bond motifs is 1. The van der Waals surface area contributed by atoms with Crippen molar-refractivity contribution in [2.75, 3.05) is 6.61 Å². The molecule has 2 heterocycles. The number of hydrogen-bond donors (Lipinski definition) is 0. The van der Waals surface area contributed by atoms with Crippen molar-refractivity contribution in [3.05, 3.63) is 50.7 Å². The molecular weight excluding hydrogens is 344 g/mol. The highest BCUT2D eigenvalue weighted by molar-refractivity contribution is 9.09. The lowest BCUT2D eigenvalue weighted by atomic mass is 9.89. The highest BCUT2D eigenvalue weighted by atomic mass is 79.9. The number of para-hydroxylation sites is 1. The van der Waals surface area contributed by atoms with Crippen molar-refractivity contribution in [2.45, 2.75) is 24.1 Å². The second-order valence-electron chi connectivity index (χ2n) is 4.79. The third-order valence-corrected chi connectivity index (χ3v) is 6.58. The lowest BCUT2D eigenvalue weighted by Gasteiger charge is -2.29. The highest BCUT2D eigenvalue weighted by Gasteiger charge is 2.29. The van der Waals surface area contributed by atoms with Crippen LogP contribution in [0.5, 0.6) is 5.75 Å². The van der Waals surface area contributed by atoms with Crippen LogP contribution in [0.25, 0.3) is 0 Å². The first-order chi connectivity index (χ1) is 9.16. The quantitative estimate of drug-likeness (QED) is 0.625. The van der Waals surface area contributed by atoms with E-state index in [1.54, 1.807) is 11.3 Å². The van der Waals surface area contributed by atoms with Gasteiger partial charge in [-0.25, -0.2) is 0 Å². The smallest absolute Gasteiger partial charge is 0.122 e. The SMILES string of the molecule is Cc1cc(C(Br)C2CCOc3ccccc32)sc1Cl. The molecule has 0 aliphatic carbocycles. The maximum atomic E-state index is 6.19. The van der Waals surface area contributed by atoms with Crippen molar-refractivity contribution in [1.82, 2.24) is 0 Å². The highest BCUT2D eigenvalue weighted by Crippen LogP contribution is 2.48. The van der Waals surface area contributed by atoms with E-state index in [4.69, 9.17) is 16.3 Å². The van der Waals surface area contributed by atoms with Gasteiger partial charge in [-0.3, -0.25) is 0 Å². The first-order valence-electron chi connectivity index (χ1n) is 6.28. The molecule has 0 amide bonds. The summed E-state index contributed by atoms with van der Waals surface area (Å²) in [4.78, 5) is 1.60. The van der Waals surface area contributed by atoms with Crippen molar-refractivity contribution in [1.29, 1.82) is 0 Å². The molecule has 1 aliphatic heterocycles. The molecular formula is C15H14BrClOS. The van der Waals surface area contributed by atoms with Crippen molar-refractivity contribution < 1.29 is 4.74 Å². The van der Waals surface area contributed by atoms with Crippen molar-refractivity contribution in [2.24, 2.45) is 0 Å². The molecule has 0 bridgehead atoms. The molecule has 3 rings (SSSR count). The normalized spacial score (nSPS) is 19.6. The van der Waals surface area contributed by atoms with Gasteiger partial charge in [-0.15, -0.1) is 11.3 Å². The van der Waals surface area contributed by atoms with Crippen LogP contribution in [0.1, 0.15) is 33.2 Å². The Hall–Kier alpha value is -0.510. The van der Waals surface area contributed by atoms with E-state index in [0.717, 1.165) is 28.7 Å². The number of rotatable bonds is 2. The summed E-state index contributed by atoms with van der Waals surface area (Å²) in [6.45, 7) is 2.84. The lowest BCUT2D eigenvalue weighted by Crippen LogP contribution is -2.17. The fourth-order valence-corrected chi connectivity index (χ4v) is 4.71. The Balaban J connectivity index is 1.95. The van der Waals surface area contributed by atoms with E-state index in [0.29, 0.717) is 10.7 Å². The summed E-state index contributed by atoms with van der Waals surface area (Å²) in [6, 6.07) is 10.5. The fourth-order valence-electron chi connectivity index (χ4n) is 2.49. The maximum Gasteiger partial charge on any atom is 0.122 e. The summed E-state index contributed by atoms with van der Waals surface area (Å²) in [5, 5.41) is 0. The van der Waals surface area contributed by atoms with Gasteiger partial charge in [-0.2, -0.15) is 0 Å². The topological polar surface area (TPSA) is 9.23 Å². The molecule has 0 radical (unpaired) electrons. The standard InChI is InChI=1S/C15H14BrClOS/c1-9-8-13(19-15(9)17)14(16)11-6-7-18-12-5-3-2-4-10(11)12/h2-5,8,11,14H,6-7H2,1H3. The molecule has 2 aromatic rings. The van der Waals surface area contributed by atoms with E-state index in [2.05, 4.69) is 41.1 Å². The molecule has 1 aliphatic rings. The van der Waals surface area contributed by atoms with Crippen LogP contribution in [0.4, 0.5) is 0 Å². The maximum absolute atomic E-state index is 6.19. The molecule has 4 heteroatoms. The average Bonchev–Trinajstić information content (AvgIpc) is 2.77. The van der Waals surface area contributed by atoms with Gasteiger partial charge in [0.25, 0.3) is 0 Å². The molecule has 1 aromatic carbocycles. The Morgan fingerprint density at radius 2 is 2.21 bits per heavy atom. The van der Waals surface area contributed by atoms with Crippen molar-refractivity contribution in [3.8, 4) is 5.75 Å². The van der Waals surface area contributed by atoms with Gasteiger partial charge in [0.1, 0.15) is 5.75 Å². The van der Waals surface area contributed by atoms with Crippen LogP contribution < -0.4 is 4.74 Å². The van der Waals surface area contributed by atoms with Gasteiger partial charge in [-0.1, -0.05) is 45.7 Å². The van der Waals surface area contributed by atoms with Crippen molar-refractivity contribution >= 4 is 38.9 Å². The van der Waals surface area contributed by atoms with Crippen LogP contribution in [0, 0.1) is 6.92 Å². The Bertz CT molecular complexity index is 576. The van der Waals surface area contributed by atoms with E-state index in [1.807, 2.05) is 12.1 Å². The molecule has 19 heavy (non-hydrogen) atoms. The van der Waals surface area contributed by atoms with Crippen LogP contribution in [0.15, 0.2) is 30.3 Å².